The molecule has 0 radical (unpaired) electrons. The number of ether oxygens (including phenoxy) is 1. The summed E-state index contributed by atoms with van der Waals surface area (Å²) in [6.45, 7) is 2.07. The zero-order chi connectivity index (χ0) is 14.4. The van der Waals surface area contributed by atoms with Crippen LogP contribution in [-0.2, 0) is 17.6 Å². The summed E-state index contributed by atoms with van der Waals surface area (Å²) in [5, 5.41) is 0. The number of benzene rings is 2. The number of ketones is 1. The summed E-state index contributed by atoms with van der Waals surface area (Å²) in [7, 11) is 1.64. The van der Waals surface area contributed by atoms with Crippen LogP contribution in [0.5, 0.6) is 5.75 Å². The zero-order valence-electron chi connectivity index (χ0n) is 12.1. The van der Waals surface area contributed by atoms with E-state index in [4.69, 9.17) is 4.74 Å². The van der Waals surface area contributed by atoms with Gasteiger partial charge in [0.25, 0.3) is 0 Å². The molecule has 0 aromatic heterocycles. The molecular weight excluding hydrogens is 248 g/mol. The summed E-state index contributed by atoms with van der Waals surface area (Å²) in [6, 6.07) is 16.0. The van der Waals surface area contributed by atoms with Gasteiger partial charge in [0.2, 0.25) is 0 Å². The van der Waals surface area contributed by atoms with Crippen LogP contribution in [0.15, 0.2) is 48.5 Å². The summed E-state index contributed by atoms with van der Waals surface area (Å²) in [6.07, 6.45) is 1.90. The molecule has 104 valence electrons. The second kappa shape index (κ2) is 6.90. The molecular formula is C18H20O2. The molecule has 2 aromatic carbocycles. The predicted molar refractivity (Wildman–Crippen MR) is 81.2 cm³/mol. The molecule has 0 amide bonds. The zero-order valence-corrected chi connectivity index (χ0v) is 12.1. The summed E-state index contributed by atoms with van der Waals surface area (Å²) in [5.74, 6) is 1.10. The van der Waals surface area contributed by atoms with Gasteiger partial charge in [-0.3, -0.25) is 4.79 Å². The minimum atomic E-state index is 0.275. The SMILES string of the molecule is COc1ccc(CC(=O)CCc2cccc(C)c2)cc1. The van der Waals surface area contributed by atoms with Crippen molar-refractivity contribution in [2.45, 2.75) is 26.2 Å². The fourth-order valence-corrected chi connectivity index (χ4v) is 2.21. The van der Waals surface area contributed by atoms with Crippen molar-refractivity contribution in [1.82, 2.24) is 0 Å². The summed E-state index contributed by atoms with van der Waals surface area (Å²) in [4.78, 5) is 12.0. The van der Waals surface area contributed by atoms with Crippen LogP contribution in [0.4, 0.5) is 0 Å². The number of Topliss-reactive ketones (excluding diaryl/α,β-unsaturated/α-hetero) is 1. The van der Waals surface area contributed by atoms with E-state index in [1.54, 1.807) is 7.11 Å². The third-order valence-electron chi connectivity index (χ3n) is 3.34. The third kappa shape index (κ3) is 4.23. The van der Waals surface area contributed by atoms with E-state index in [0.717, 1.165) is 17.7 Å². The van der Waals surface area contributed by atoms with Crippen LogP contribution in [0.25, 0.3) is 0 Å². The first-order valence-electron chi connectivity index (χ1n) is 6.87. The molecule has 20 heavy (non-hydrogen) atoms. The Morgan fingerprint density at radius 3 is 2.45 bits per heavy atom. The first-order valence-corrected chi connectivity index (χ1v) is 6.87. The van der Waals surface area contributed by atoms with Gasteiger partial charge in [0, 0.05) is 12.8 Å². The Labute approximate surface area is 120 Å². The van der Waals surface area contributed by atoms with Crippen LogP contribution in [0.2, 0.25) is 0 Å². The van der Waals surface area contributed by atoms with E-state index in [1.807, 2.05) is 30.3 Å². The summed E-state index contributed by atoms with van der Waals surface area (Å²) >= 11 is 0. The van der Waals surface area contributed by atoms with Gasteiger partial charge in [-0.1, -0.05) is 42.0 Å². The summed E-state index contributed by atoms with van der Waals surface area (Å²) < 4.78 is 5.11. The van der Waals surface area contributed by atoms with E-state index in [0.29, 0.717) is 12.8 Å². The van der Waals surface area contributed by atoms with Crippen molar-refractivity contribution >= 4 is 5.78 Å². The molecule has 0 aliphatic heterocycles. The Hall–Kier alpha value is -2.09. The highest BCUT2D eigenvalue weighted by molar-refractivity contribution is 5.81. The van der Waals surface area contributed by atoms with Gasteiger partial charge < -0.3 is 4.74 Å². The van der Waals surface area contributed by atoms with E-state index in [2.05, 4.69) is 25.1 Å². The molecule has 0 fully saturated rings. The quantitative estimate of drug-likeness (QED) is 0.797. The van der Waals surface area contributed by atoms with Crippen molar-refractivity contribution < 1.29 is 9.53 Å². The highest BCUT2D eigenvalue weighted by Crippen LogP contribution is 2.13. The fourth-order valence-electron chi connectivity index (χ4n) is 2.21. The maximum Gasteiger partial charge on any atom is 0.137 e. The Morgan fingerprint density at radius 2 is 1.80 bits per heavy atom. The fraction of sp³-hybridized carbons (Fsp3) is 0.278. The Balaban J connectivity index is 1.85. The van der Waals surface area contributed by atoms with E-state index in [1.165, 1.54) is 11.1 Å². The molecule has 0 unspecified atom stereocenters. The minimum absolute atomic E-state index is 0.275. The third-order valence-corrected chi connectivity index (χ3v) is 3.34. The van der Waals surface area contributed by atoms with Crippen LogP contribution >= 0.6 is 0 Å². The molecule has 0 spiro atoms. The van der Waals surface area contributed by atoms with Crippen LogP contribution in [-0.4, -0.2) is 12.9 Å². The smallest absolute Gasteiger partial charge is 0.137 e. The molecule has 2 nitrogen and oxygen atoms in total. The topological polar surface area (TPSA) is 26.3 Å². The lowest BCUT2D eigenvalue weighted by molar-refractivity contribution is -0.118. The van der Waals surface area contributed by atoms with Gasteiger partial charge in [0.05, 0.1) is 7.11 Å². The van der Waals surface area contributed by atoms with Crippen molar-refractivity contribution in [3.05, 3.63) is 65.2 Å². The summed E-state index contributed by atoms with van der Waals surface area (Å²) in [5.41, 5.74) is 3.51. The first kappa shape index (κ1) is 14.3. The van der Waals surface area contributed by atoms with Crippen LogP contribution in [0.3, 0.4) is 0 Å². The van der Waals surface area contributed by atoms with Crippen molar-refractivity contribution in [3.63, 3.8) is 0 Å². The minimum Gasteiger partial charge on any atom is -0.497 e. The monoisotopic (exact) mass is 268 g/mol. The van der Waals surface area contributed by atoms with Crippen LogP contribution in [0, 0.1) is 6.92 Å². The molecule has 0 N–H and O–H groups in total. The Bertz CT molecular complexity index is 570. The van der Waals surface area contributed by atoms with Crippen LogP contribution in [0.1, 0.15) is 23.1 Å². The molecule has 2 aromatic rings. The Kier molecular flexibility index (Phi) is 4.94. The molecule has 0 heterocycles. The molecule has 0 bridgehead atoms. The van der Waals surface area contributed by atoms with Gasteiger partial charge in [-0.2, -0.15) is 0 Å². The largest absolute Gasteiger partial charge is 0.497 e. The molecule has 0 saturated heterocycles. The average molecular weight is 268 g/mol. The lowest BCUT2D eigenvalue weighted by Gasteiger charge is -2.04. The second-order valence-corrected chi connectivity index (χ2v) is 5.05. The molecule has 2 heteroatoms. The number of aryl methyl sites for hydroxylation is 2. The number of hydrogen-bond donors (Lipinski definition) is 0. The number of hydrogen-bond acceptors (Lipinski definition) is 2. The second-order valence-electron chi connectivity index (χ2n) is 5.05. The number of rotatable bonds is 6. The van der Waals surface area contributed by atoms with E-state index < -0.39 is 0 Å². The van der Waals surface area contributed by atoms with E-state index in [9.17, 15) is 4.79 Å². The number of carbonyl (C=O) groups excluding carboxylic acids is 1. The number of methoxy groups -OCH3 is 1. The molecule has 0 saturated carbocycles. The molecule has 0 aliphatic carbocycles. The van der Waals surface area contributed by atoms with Crippen LogP contribution < -0.4 is 4.74 Å². The number of carbonyl (C=O) groups is 1. The lowest BCUT2D eigenvalue weighted by atomic mass is 10.0. The normalized spacial score (nSPS) is 10.3. The average Bonchev–Trinajstić information content (AvgIpc) is 2.46. The van der Waals surface area contributed by atoms with E-state index in [-0.39, 0.29) is 5.78 Å². The molecule has 0 aliphatic rings. The van der Waals surface area contributed by atoms with Gasteiger partial charge >= 0.3 is 0 Å². The van der Waals surface area contributed by atoms with Crippen molar-refractivity contribution in [2.75, 3.05) is 7.11 Å². The highest BCUT2D eigenvalue weighted by atomic mass is 16.5. The van der Waals surface area contributed by atoms with Gasteiger partial charge in [0.15, 0.2) is 0 Å². The maximum atomic E-state index is 12.0. The van der Waals surface area contributed by atoms with E-state index >= 15 is 0 Å². The molecule has 2 rings (SSSR count). The van der Waals surface area contributed by atoms with Gasteiger partial charge in [-0.15, -0.1) is 0 Å². The highest BCUT2D eigenvalue weighted by Gasteiger charge is 2.05. The van der Waals surface area contributed by atoms with Crippen molar-refractivity contribution in [3.8, 4) is 5.75 Å². The van der Waals surface area contributed by atoms with Gasteiger partial charge in [-0.25, -0.2) is 0 Å². The lowest BCUT2D eigenvalue weighted by Crippen LogP contribution is -2.04. The van der Waals surface area contributed by atoms with Gasteiger partial charge in [0.1, 0.15) is 11.5 Å². The molecule has 0 atom stereocenters. The Morgan fingerprint density at radius 1 is 1.05 bits per heavy atom. The first-order chi connectivity index (χ1) is 9.67. The van der Waals surface area contributed by atoms with Crippen molar-refractivity contribution in [2.24, 2.45) is 0 Å². The maximum absolute atomic E-state index is 12.0. The predicted octanol–water partition coefficient (Wildman–Crippen LogP) is 3.75. The van der Waals surface area contributed by atoms with Gasteiger partial charge in [-0.05, 0) is 36.6 Å². The van der Waals surface area contributed by atoms with Crippen molar-refractivity contribution in [1.29, 1.82) is 0 Å². The standard InChI is InChI=1S/C18H20O2/c1-14-4-3-5-15(12-14)6-9-17(19)13-16-7-10-18(20-2)11-8-16/h3-5,7-8,10-12H,6,9,13H2,1-2H3.